The number of ether oxygens (including phenoxy) is 1. The SMILES string of the molecule is CCCCCCCCCCCCCCCCCCOC(=O)C(CC(=O)O)S(=O)(=O)O.[CaH2]. The van der Waals surface area contributed by atoms with Gasteiger partial charge < -0.3 is 9.84 Å². The van der Waals surface area contributed by atoms with E-state index in [4.69, 9.17) is 14.4 Å². The molecule has 0 aromatic rings. The van der Waals surface area contributed by atoms with Crippen LogP contribution in [0.25, 0.3) is 0 Å². The van der Waals surface area contributed by atoms with Gasteiger partial charge in [0.15, 0.2) is 5.25 Å². The van der Waals surface area contributed by atoms with Crippen LogP contribution in [0.5, 0.6) is 0 Å². The molecule has 0 spiro atoms. The van der Waals surface area contributed by atoms with E-state index in [2.05, 4.69) is 6.92 Å². The van der Waals surface area contributed by atoms with Gasteiger partial charge in [-0.3, -0.25) is 14.1 Å². The molecule has 1 atom stereocenters. The number of carboxylic acids is 1. The molecular formula is C22H44CaO7S. The fraction of sp³-hybridized carbons (Fsp3) is 0.909. The van der Waals surface area contributed by atoms with E-state index in [9.17, 15) is 18.0 Å². The number of aliphatic carboxylic acids is 1. The van der Waals surface area contributed by atoms with Crippen LogP contribution in [0.2, 0.25) is 0 Å². The predicted molar refractivity (Wildman–Crippen MR) is 127 cm³/mol. The summed E-state index contributed by atoms with van der Waals surface area (Å²) < 4.78 is 35.9. The standard InChI is InChI=1S/C22H42O7S.Ca.2H/c1-2-3-4-5-6-7-8-9-10-11-12-13-14-15-16-17-18-29-22(25)20(19-21(23)24)30(26,27)28;;;/h20H,2-19H2,1H3,(H,23,24)(H,26,27,28);;;. The topological polar surface area (TPSA) is 118 Å². The Morgan fingerprint density at radius 2 is 1.10 bits per heavy atom. The average molecular weight is 493 g/mol. The van der Waals surface area contributed by atoms with E-state index in [1.807, 2.05) is 0 Å². The summed E-state index contributed by atoms with van der Waals surface area (Å²) in [5.74, 6) is -2.70. The number of carbonyl (C=O) groups is 2. The summed E-state index contributed by atoms with van der Waals surface area (Å²) in [4.78, 5) is 22.3. The van der Waals surface area contributed by atoms with Crippen molar-refractivity contribution in [1.29, 1.82) is 0 Å². The average Bonchev–Trinajstić information content (AvgIpc) is 2.67. The Balaban J connectivity index is 0. The van der Waals surface area contributed by atoms with Gasteiger partial charge in [-0.1, -0.05) is 103 Å². The van der Waals surface area contributed by atoms with Crippen LogP contribution in [0.4, 0.5) is 0 Å². The van der Waals surface area contributed by atoms with Gasteiger partial charge in [-0.05, 0) is 6.42 Å². The van der Waals surface area contributed by atoms with Crippen molar-refractivity contribution in [3.05, 3.63) is 0 Å². The maximum absolute atomic E-state index is 11.7. The molecule has 0 heterocycles. The number of unbranched alkanes of at least 4 members (excludes halogenated alkanes) is 15. The molecule has 0 aliphatic carbocycles. The molecule has 0 aliphatic rings. The summed E-state index contributed by atoms with van der Waals surface area (Å²) in [6.07, 6.45) is 18.5. The van der Waals surface area contributed by atoms with Crippen molar-refractivity contribution < 1.29 is 32.4 Å². The minimum absolute atomic E-state index is 0. The van der Waals surface area contributed by atoms with Gasteiger partial charge >= 0.3 is 49.7 Å². The van der Waals surface area contributed by atoms with Crippen molar-refractivity contribution in [2.24, 2.45) is 0 Å². The quantitative estimate of drug-likeness (QED) is 0.104. The Morgan fingerprint density at radius 3 is 1.42 bits per heavy atom. The summed E-state index contributed by atoms with van der Waals surface area (Å²) in [5.41, 5.74) is 0. The van der Waals surface area contributed by atoms with E-state index in [1.54, 1.807) is 0 Å². The van der Waals surface area contributed by atoms with Crippen molar-refractivity contribution >= 4 is 59.8 Å². The number of hydrogen-bond acceptors (Lipinski definition) is 5. The number of esters is 1. The van der Waals surface area contributed by atoms with Gasteiger partial charge in [-0.25, -0.2) is 0 Å². The van der Waals surface area contributed by atoms with Gasteiger partial charge in [0.25, 0.3) is 10.1 Å². The minimum atomic E-state index is -4.79. The Labute approximate surface area is 218 Å². The monoisotopic (exact) mass is 492 g/mol. The second-order valence-corrected chi connectivity index (χ2v) is 9.67. The van der Waals surface area contributed by atoms with Crippen molar-refractivity contribution in [2.45, 2.75) is 121 Å². The van der Waals surface area contributed by atoms with Crippen LogP contribution in [0.1, 0.15) is 116 Å². The molecular weight excluding hydrogens is 448 g/mol. The first-order valence-electron chi connectivity index (χ1n) is 11.6. The zero-order valence-corrected chi connectivity index (χ0v) is 19.5. The summed E-state index contributed by atoms with van der Waals surface area (Å²) in [5, 5.41) is 6.57. The van der Waals surface area contributed by atoms with Crippen LogP contribution in [0, 0.1) is 0 Å². The van der Waals surface area contributed by atoms with Crippen LogP contribution in [0.15, 0.2) is 0 Å². The molecule has 0 radical (unpaired) electrons. The zero-order chi connectivity index (χ0) is 22.7. The third kappa shape index (κ3) is 21.7. The molecule has 31 heavy (non-hydrogen) atoms. The predicted octanol–water partition coefficient (Wildman–Crippen LogP) is 4.61. The van der Waals surface area contributed by atoms with Crippen LogP contribution in [-0.4, -0.2) is 79.6 Å². The van der Waals surface area contributed by atoms with Crippen molar-refractivity contribution in [1.82, 2.24) is 0 Å². The molecule has 0 aromatic heterocycles. The van der Waals surface area contributed by atoms with E-state index < -0.39 is 33.7 Å². The Bertz CT molecular complexity index is 552. The molecule has 2 N–H and O–H groups in total. The first-order chi connectivity index (χ1) is 14.3. The van der Waals surface area contributed by atoms with E-state index in [-0.39, 0.29) is 44.3 Å². The molecule has 1 unspecified atom stereocenters. The van der Waals surface area contributed by atoms with Gasteiger partial charge in [0.1, 0.15) is 0 Å². The normalized spacial score (nSPS) is 12.2. The summed E-state index contributed by atoms with van der Waals surface area (Å²) in [6, 6.07) is 0. The van der Waals surface area contributed by atoms with Crippen molar-refractivity contribution in [3.63, 3.8) is 0 Å². The molecule has 0 amide bonds. The maximum atomic E-state index is 11.7. The molecule has 0 fully saturated rings. The van der Waals surface area contributed by atoms with E-state index >= 15 is 0 Å². The third-order valence-corrected chi connectivity index (χ3v) is 6.30. The first-order valence-corrected chi connectivity index (χ1v) is 13.1. The fourth-order valence-electron chi connectivity index (χ4n) is 3.38. The number of carboxylic acid groups (broad SMARTS) is 1. The molecule has 0 rings (SSSR count). The van der Waals surface area contributed by atoms with Gasteiger partial charge in [0, 0.05) is 0 Å². The van der Waals surface area contributed by atoms with E-state index in [0.717, 1.165) is 19.3 Å². The van der Waals surface area contributed by atoms with Gasteiger partial charge in [0.2, 0.25) is 0 Å². The first kappa shape index (κ1) is 33.3. The summed E-state index contributed by atoms with van der Waals surface area (Å²) >= 11 is 0. The van der Waals surface area contributed by atoms with Crippen molar-refractivity contribution in [3.8, 4) is 0 Å². The van der Waals surface area contributed by atoms with E-state index in [1.165, 1.54) is 77.0 Å². The second kappa shape index (κ2) is 21.9. The molecule has 7 nitrogen and oxygen atoms in total. The zero-order valence-electron chi connectivity index (χ0n) is 18.6. The third-order valence-electron chi connectivity index (χ3n) is 5.22. The second-order valence-electron chi connectivity index (χ2n) is 8.07. The Hall–Kier alpha value is 0.110. The Morgan fingerprint density at radius 1 is 0.742 bits per heavy atom. The van der Waals surface area contributed by atoms with Crippen LogP contribution in [0.3, 0.4) is 0 Å². The van der Waals surface area contributed by atoms with Gasteiger partial charge in [0.05, 0.1) is 13.0 Å². The van der Waals surface area contributed by atoms with Gasteiger partial charge in [-0.15, -0.1) is 0 Å². The fourth-order valence-corrected chi connectivity index (χ4v) is 4.05. The van der Waals surface area contributed by atoms with E-state index in [0.29, 0.717) is 6.42 Å². The molecule has 0 saturated heterocycles. The van der Waals surface area contributed by atoms with Crippen molar-refractivity contribution in [2.75, 3.05) is 6.61 Å². The molecule has 182 valence electrons. The molecule has 0 saturated carbocycles. The summed E-state index contributed by atoms with van der Waals surface area (Å²) in [6.45, 7) is 2.27. The molecule has 0 aliphatic heterocycles. The number of carbonyl (C=O) groups excluding carboxylic acids is 1. The van der Waals surface area contributed by atoms with Crippen LogP contribution in [-0.2, 0) is 24.4 Å². The van der Waals surface area contributed by atoms with Gasteiger partial charge in [-0.2, -0.15) is 8.42 Å². The number of rotatable bonds is 21. The molecule has 9 heteroatoms. The van der Waals surface area contributed by atoms with Crippen LogP contribution >= 0.6 is 0 Å². The summed E-state index contributed by atoms with van der Waals surface area (Å²) in [7, 11) is -4.79. The molecule has 0 aromatic carbocycles. The number of hydrogen-bond donors (Lipinski definition) is 2. The molecule has 0 bridgehead atoms. The van der Waals surface area contributed by atoms with Crippen LogP contribution < -0.4 is 0 Å². The Kier molecular flexibility index (Phi) is 23.5.